The third kappa shape index (κ3) is 1.28. The Hall–Kier alpha value is -2.00. The number of terminal acetylenes is 1. The third-order valence-corrected chi connectivity index (χ3v) is 8.06. The summed E-state index contributed by atoms with van der Waals surface area (Å²) in [4.78, 5) is 0. The molecule has 0 N–H and O–H groups in total. The van der Waals surface area contributed by atoms with Crippen LogP contribution in [0.5, 0.6) is 0 Å². The van der Waals surface area contributed by atoms with E-state index in [1.807, 2.05) is 0 Å². The molecule has 3 aliphatic carbocycles. The highest BCUT2D eigenvalue weighted by molar-refractivity contribution is 5.57. The molecule has 0 radical (unpaired) electrons. The summed E-state index contributed by atoms with van der Waals surface area (Å²) in [6.45, 7) is 2.54. The molecule has 2 aromatic rings. The first-order valence-corrected chi connectivity index (χ1v) is 9.25. The lowest BCUT2D eigenvalue weighted by Gasteiger charge is -2.58. The second kappa shape index (κ2) is 4.54. The molecular formula is C24H24. The van der Waals surface area contributed by atoms with Crippen molar-refractivity contribution in [3.63, 3.8) is 0 Å². The van der Waals surface area contributed by atoms with Crippen molar-refractivity contribution in [2.24, 2.45) is 22.7 Å². The molecule has 0 aromatic heterocycles. The molecule has 5 rings (SSSR count). The molecule has 0 bridgehead atoms. The lowest BCUT2D eigenvalue weighted by atomic mass is 9.46. The Kier molecular flexibility index (Phi) is 2.72. The van der Waals surface area contributed by atoms with Crippen molar-refractivity contribution >= 4 is 0 Å². The van der Waals surface area contributed by atoms with E-state index in [1.165, 1.54) is 18.4 Å². The van der Waals surface area contributed by atoms with E-state index in [9.17, 15) is 0 Å². The summed E-state index contributed by atoms with van der Waals surface area (Å²) in [5.74, 6) is 4.81. The van der Waals surface area contributed by atoms with Gasteiger partial charge in [0.25, 0.3) is 0 Å². The summed E-state index contributed by atoms with van der Waals surface area (Å²) in [6, 6.07) is 22.3. The standard InChI is InChI=1S/C24H24/c1-3-16-23(17-18-10-6-4-7-11-18)22(2)20-14-15-21(20)24(22,23)19-12-8-5-9-13-19/h1,4-13,20-21H,14-17H2,2H3. The molecule has 120 valence electrons. The SMILES string of the molecule is C#CCC1(Cc2ccccc2)C2(C)C3CCC3C12c1ccccc1. The van der Waals surface area contributed by atoms with Crippen molar-refractivity contribution in [3.05, 3.63) is 71.8 Å². The molecule has 5 unspecified atom stereocenters. The van der Waals surface area contributed by atoms with E-state index in [-0.39, 0.29) is 5.41 Å². The van der Waals surface area contributed by atoms with Gasteiger partial charge in [0.05, 0.1) is 0 Å². The van der Waals surface area contributed by atoms with Gasteiger partial charge in [-0.2, -0.15) is 0 Å². The van der Waals surface area contributed by atoms with Crippen LogP contribution in [-0.2, 0) is 11.8 Å². The maximum absolute atomic E-state index is 5.92. The number of hydrogen-bond donors (Lipinski definition) is 0. The Morgan fingerprint density at radius 1 is 0.958 bits per heavy atom. The molecule has 0 nitrogen and oxygen atoms in total. The average Bonchev–Trinajstić information content (AvgIpc) is 2.97. The van der Waals surface area contributed by atoms with E-state index in [0.29, 0.717) is 10.8 Å². The monoisotopic (exact) mass is 312 g/mol. The molecule has 3 aliphatic rings. The Morgan fingerprint density at radius 3 is 2.17 bits per heavy atom. The van der Waals surface area contributed by atoms with Crippen molar-refractivity contribution in [2.75, 3.05) is 0 Å². The predicted octanol–water partition coefficient (Wildman–Crippen LogP) is 5.24. The molecule has 0 heteroatoms. The van der Waals surface area contributed by atoms with Crippen LogP contribution in [0.3, 0.4) is 0 Å². The normalized spacial score (nSPS) is 41.2. The smallest absolute Gasteiger partial charge is 0.0160 e. The second-order valence-corrected chi connectivity index (χ2v) is 8.29. The Morgan fingerprint density at radius 2 is 1.58 bits per heavy atom. The summed E-state index contributed by atoms with van der Waals surface area (Å²) in [5.41, 5.74) is 3.92. The van der Waals surface area contributed by atoms with Crippen LogP contribution in [0.25, 0.3) is 0 Å². The highest BCUT2D eigenvalue weighted by Gasteiger charge is 2.96. The lowest BCUT2D eigenvalue weighted by Crippen LogP contribution is -2.54. The highest BCUT2D eigenvalue weighted by Crippen LogP contribution is 2.98. The second-order valence-electron chi connectivity index (χ2n) is 8.29. The number of fused-ring (bicyclic) bond motifs is 4. The van der Waals surface area contributed by atoms with Crippen LogP contribution in [0.2, 0.25) is 0 Å². The molecule has 0 heterocycles. The molecule has 0 amide bonds. The van der Waals surface area contributed by atoms with E-state index < -0.39 is 0 Å². The summed E-state index contributed by atoms with van der Waals surface area (Å²) in [6.07, 6.45) is 10.7. The van der Waals surface area contributed by atoms with Crippen molar-refractivity contribution in [1.82, 2.24) is 0 Å². The Bertz CT molecular complexity index is 814. The van der Waals surface area contributed by atoms with Gasteiger partial charge in [0.15, 0.2) is 0 Å². The zero-order chi connectivity index (χ0) is 16.4. The van der Waals surface area contributed by atoms with Gasteiger partial charge < -0.3 is 0 Å². The van der Waals surface area contributed by atoms with E-state index in [4.69, 9.17) is 6.42 Å². The fourth-order valence-electron chi connectivity index (χ4n) is 7.25. The van der Waals surface area contributed by atoms with Gasteiger partial charge in [-0.15, -0.1) is 12.3 Å². The van der Waals surface area contributed by atoms with Crippen LogP contribution < -0.4 is 0 Å². The van der Waals surface area contributed by atoms with E-state index in [2.05, 4.69) is 73.5 Å². The molecule has 3 fully saturated rings. The summed E-state index contributed by atoms with van der Waals surface area (Å²) < 4.78 is 0. The van der Waals surface area contributed by atoms with Crippen molar-refractivity contribution in [1.29, 1.82) is 0 Å². The first-order chi connectivity index (χ1) is 11.7. The van der Waals surface area contributed by atoms with E-state index >= 15 is 0 Å². The molecule has 3 saturated carbocycles. The van der Waals surface area contributed by atoms with Crippen LogP contribution in [0.15, 0.2) is 60.7 Å². The minimum absolute atomic E-state index is 0.239. The molecule has 5 atom stereocenters. The number of benzene rings is 2. The molecule has 0 aliphatic heterocycles. The highest BCUT2D eigenvalue weighted by atomic mass is 15.0. The minimum atomic E-state index is 0.239. The van der Waals surface area contributed by atoms with Crippen LogP contribution >= 0.6 is 0 Å². The summed E-state index contributed by atoms with van der Waals surface area (Å²) >= 11 is 0. The van der Waals surface area contributed by atoms with Gasteiger partial charge in [-0.25, -0.2) is 0 Å². The zero-order valence-electron chi connectivity index (χ0n) is 14.3. The fourth-order valence-corrected chi connectivity index (χ4v) is 7.25. The molecule has 0 saturated heterocycles. The van der Waals surface area contributed by atoms with Gasteiger partial charge in [0.1, 0.15) is 0 Å². The van der Waals surface area contributed by atoms with Gasteiger partial charge >= 0.3 is 0 Å². The Balaban J connectivity index is 1.66. The van der Waals surface area contributed by atoms with Crippen molar-refractivity contribution in [2.45, 2.75) is 38.0 Å². The maximum Gasteiger partial charge on any atom is 0.0160 e. The van der Waals surface area contributed by atoms with Crippen LogP contribution in [-0.4, -0.2) is 0 Å². The molecule has 24 heavy (non-hydrogen) atoms. The van der Waals surface area contributed by atoms with Crippen LogP contribution in [0, 0.1) is 35.0 Å². The van der Waals surface area contributed by atoms with Gasteiger partial charge in [-0.1, -0.05) is 67.6 Å². The fraction of sp³-hybridized carbons (Fsp3) is 0.417. The maximum atomic E-state index is 5.92. The number of rotatable bonds is 4. The first kappa shape index (κ1) is 14.4. The quantitative estimate of drug-likeness (QED) is 0.678. The van der Waals surface area contributed by atoms with Crippen molar-refractivity contribution < 1.29 is 0 Å². The van der Waals surface area contributed by atoms with E-state index in [1.54, 1.807) is 5.56 Å². The average molecular weight is 312 g/mol. The van der Waals surface area contributed by atoms with Gasteiger partial charge in [0.2, 0.25) is 0 Å². The first-order valence-electron chi connectivity index (χ1n) is 9.25. The summed E-state index contributed by atoms with van der Waals surface area (Å²) in [5, 5.41) is 0. The largest absolute Gasteiger partial charge is 0.120 e. The van der Waals surface area contributed by atoms with Gasteiger partial charge in [-0.05, 0) is 47.6 Å². The number of hydrogen-bond acceptors (Lipinski definition) is 0. The lowest BCUT2D eigenvalue weighted by molar-refractivity contribution is -0.0483. The van der Waals surface area contributed by atoms with Crippen LogP contribution in [0.1, 0.15) is 37.3 Å². The summed E-state index contributed by atoms with van der Waals surface area (Å²) in [7, 11) is 0. The molecule has 2 aromatic carbocycles. The minimum Gasteiger partial charge on any atom is -0.120 e. The van der Waals surface area contributed by atoms with Crippen molar-refractivity contribution in [3.8, 4) is 12.3 Å². The topological polar surface area (TPSA) is 0 Å². The van der Waals surface area contributed by atoms with Gasteiger partial charge in [0, 0.05) is 17.3 Å². The van der Waals surface area contributed by atoms with E-state index in [0.717, 1.165) is 24.7 Å². The van der Waals surface area contributed by atoms with Gasteiger partial charge in [-0.3, -0.25) is 0 Å². The van der Waals surface area contributed by atoms with Crippen LogP contribution in [0.4, 0.5) is 0 Å². The Labute approximate surface area is 145 Å². The molecular weight excluding hydrogens is 288 g/mol. The third-order valence-electron chi connectivity index (χ3n) is 8.06. The molecule has 0 spiro atoms. The zero-order valence-corrected chi connectivity index (χ0v) is 14.3. The predicted molar refractivity (Wildman–Crippen MR) is 98.5 cm³/mol.